The molecule has 0 fully saturated rings. The molecular weight excluding hydrogens is 518 g/mol. The molecule has 0 aliphatic carbocycles. The van der Waals surface area contributed by atoms with Gasteiger partial charge in [0.15, 0.2) is 0 Å². The molecule has 0 unspecified atom stereocenters. The van der Waals surface area contributed by atoms with Gasteiger partial charge in [0.05, 0.1) is 0 Å². The fourth-order valence-corrected chi connectivity index (χ4v) is 4.20. The Bertz CT molecular complexity index is 1430. The summed E-state index contributed by atoms with van der Waals surface area (Å²) in [6.45, 7) is 0. The Labute approximate surface area is 211 Å². The lowest BCUT2D eigenvalue weighted by Gasteiger charge is -2.39. The molecular formula is C27H18F6O5. The van der Waals surface area contributed by atoms with Crippen molar-refractivity contribution in [3.05, 3.63) is 96.1 Å². The Kier molecular flexibility index (Phi) is 6.56. The molecule has 0 saturated heterocycles. The molecule has 5 nitrogen and oxygen atoms in total. The molecule has 0 aromatic heterocycles. The van der Waals surface area contributed by atoms with Crippen LogP contribution in [0, 0.1) is 0 Å². The fraction of sp³-hybridized carbons (Fsp3) is 0.111. The highest BCUT2D eigenvalue weighted by Gasteiger charge is 2.73. The second-order valence-electron chi connectivity index (χ2n) is 8.30. The van der Waals surface area contributed by atoms with Gasteiger partial charge in [-0.15, -0.1) is 0 Å². The summed E-state index contributed by atoms with van der Waals surface area (Å²) in [6.07, 6.45) is -11.9. The molecule has 0 saturated carbocycles. The van der Waals surface area contributed by atoms with E-state index in [1.807, 2.05) is 0 Å². The monoisotopic (exact) mass is 536 g/mol. The van der Waals surface area contributed by atoms with Gasteiger partial charge in [-0.1, -0.05) is 18.2 Å². The van der Waals surface area contributed by atoms with E-state index in [-0.39, 0.29) is 22.8 Å². The highest BCUT2D eigenvalue weighted by Crippen LogP contribution is 2.59. The maximum absolute atomic E-state index is 14.8. The number of halogens is 6. The average molecular weight is 536 g/mol. The third-order valence-electron chi connectivity index (χ3n) is 5.88. The summed E-state index contributed by atoms with van der Waals surface area (Å²) < 4.78 is 94.2. The molecule has 0 spiro atoms. The number of ether oxygens (including phenoxy) is 1. The van der Waals surface area contributed by atoms with E-state index in [1.54, 1.807) is 0 Å². The molecule has 4 aromatic rings. The number of phenols is 4. The van der Waals surface area contributed by atoms with Gasteiger partial charge in [-0.25, -0.2) is 0 Å². The topological polar surface area (TPSA) is 90.2 Å². The van der Waals surface area contributed by atoms with E-state index in [0.29, 0.717) is 42.5 Å². The minimum absolute atomic E-state index is 0.0767. The van der Waals surface area contributed by atoms with Crippen molar-refractivity contribution >= 4 is 0 Å². The Hall–Kier alpha value is -4.54. The molecule has 0 bridgehead atoms. The highest BCUT2D eigenvalue weighted by molar-refractivity contribution is 5.78. The average Bonchev–Trinajstić information content (AvgIpc) is 2.82. The molecule has 4 rings (SSSR count). The standard InChI is InChI=1S/C27H18F6O5/c28-26(29,30)25(27(31,32)33,15-1-3-16(34)4-2-15)23-11-7-18(36)13-21(23)22-14-19(37)8-12-24(22)38-20-9-5-17(35)6-10-20/h1-14,34-37H. The number of phenolic OH excluding ortho intramolecular Hbond substituents is 4. The minimum Gasteiger partial charge on any atom is -0.508 e. The third kappa shape index (κ3) is 4.62. The number of rotatable bonds is 5. The molecule has 0 amide bonds. The number of benzene rings is 4. The molecule has 0 radical (unpaired) electrons. The zero-order valence-corrected chi connectivity index (χ0v) is 19.0. The first kappa shape index (κ1) is 26.5. The Morgan fingerprint density at radius 2 is 0.947 bits per heavy atom. The predicted molar refractivity (Wildman–Crippen MR) is 124 cm³/mol. The first-order chi connectivity index (χ1) is 17.7. The summed E-state index contributed by atoms with van der Waals surface area (Å²) in [5.74, 6) is -1.98. The number of alkyl halides is 6. The predicted octanol–water partition coefficient (Wildman–Crippen LogP) is 7.38. The summed E-state index contributed by atoms with van der Waals surface area (Å²) >= 11 is 0. The van der Waals surface area contributed by atoms with Crippen molar-refractivity contribution in [3.63, 3.8) is 0 Å². The highest BCUT2D eigenvalue weighted by atomic mass is 19.4. The van der Waals surface area contributed by atoms with E-state index in [4.69, 9.17) is 4.74 Å². The van der Waals surface area contributed by atoms with Crippen molar-refractivity contribution in [1.29, 1.82) is 0 Å². The van der Waals surface area contributed by atoms with Crippen molar-refractivity contribution in [2.45, 2.75) is 17.8 Å². The quantitative estimate of drug-likeness (QED) is 0.200. The van der Waals surface area contributed by atoms with Crippen LogP contribution < -0.4 is 4.74 Å². The maximum Gasteiger partial charge on any atom is 0.411 e. The van der Waals surface area contributed by atoms with Crippen molar-refractivity contribution in [2.75, 3.05) is 0 Å². The van der Waals surface area contributed by atoms with Crippen molar-refractivity contribution in [2.24, 2.45) is 0 Å². The van der Waals surface area contributed by atoms with E-state index >= 15 is 0 Å². The second-order valence-corrected chi connectivity index (χ2v) is 8.30. The second kappa shape index (κ2) is 9.40. The lowest BCUT2D eigenvalue weighted by Crippen LogP contribution is -2.55. The summed E-state index contributed by atoms with van der Waals surface area (Å²) in [6, 6.07) is 12.6. The molecule has 38 heavy (non-hydrogen) atoms. The van der Waals surface area contributed by atoms with Gasteiger partial charge >= 0.3 is 12.4 Å². The van der Waals surface area contributed by atoms with Crippen LogP contribution in [0.2, 0.25) is 0 Å². The molecule has 11 heteroatoms. The number of hydrogen-bond acceptors (Lipinski definition) is 5. The van der Waals surface area contributed by atoms with Gasteiger partial charge < -0.3 is 25.2 Å². The van der Waals surface area contributed by atoms with Crippen molar-refractivity contribution < 1.29 is 51.5 Å². The van der Waals surface area contributed by atoms with Crippen LogP contribution in [0.3, 0.4) is 0 Å². The zero-order chi connectivity index (χ0) is 27.9. The van der Waals surface area contributed by atoms with E-state index in [1.165, 1.54) is 24.3 Å². The molecule has 0 aliphatic rings. The van der Waals surface area contributed by atoms with Crippen LogP contribution in [0.1, 0.15) is 11.1 Å². The summed E-state index contributed by atoms with van der Waals surface area (Å²) in [7, 11) is 0. The summed E-state index contributed by atoms with van der Waals surface area (Å²) in [4.78, 5) is 0. The first-order valence-electron chi connectivity index (χ1n) is 10.8. The molecule has 0 heterocycles. The number of aromatic hydroxyl groups is 4. The Morgan fingerprint density at radius 3 is 1.47 bits per heavy atom. The van der Waals surface area contributed by atoms with E-state index in [2.05, 4.69) is 0 Å². The SMILES string of the molecule is Oc1ccc(Oc2ccc(O)cc2-c2cc(O)ccc2C(c2ccc(O)cc2)(C(F)(F)F)C(F)(F)F)cc1. The third-order valence-corrected chi connectivity index (χ3v) is 5.88. The minimum atomic E-state index is -5.96. The fourth-order valence-electron chi connectivity index (χ4n) is 4.20. The molecule has 4 aromatic carbocycles. The number of hydrogen-bond donors (Lipinski definition) is 4. The molecule has 0 atom stereocenters. The maximum atomic E-state index is 14.8. The van der Waals surface area contributed by atoms with Crippen LogP contribution in [-0.2, 0) is 5.41 Å². The van der Waals surface area contributed by atoms with Crippen LogP contribution in [-0.4, -0.2) is 32.8 Å². The van der Waals surface area contributed by atoms with Crippen molar-refractivity contribution in [1.82, 2.24) is 0 Å². The van der Waals surface area contributed by atoms with Crippen molar-refractivity contribution in [3.8, 4) is 45.6 Å². The molecule has 198 valence electrons. The lowest BCUT2D eigenvalue weighted by atomic mass is 9.70. The lowest BCUT2D eigenvalue weighted by molar-refractivity contribution is -0.288. The normalized spacial score (nSPS) is 12.4. The van der Waals surface area contributed by atoms with Crippen LogP contribution in [0.15, 0.2) is 84.9 Å². The zero-order valence-electron chi connectivity index (χ0n) is 19.0. The Morgan fingerprint density at radius 1 is 0.500 bits per heavy atom. The molecule has 0 aliphatic heterocycles. The van der Waals surface area contributed by atoms with Crippen LogP contribution in [0.5, 0.6) is 34.5 Å². The van der Waals surface area contributed by atoms with Gasteiger partial charge in [-0.05, 0) is 83.4 Å². The summed E-state index contributed by atoms with van der Waals surface area (Å²) in [5.41, 5.74) is -8.26. The van der Waals surface area contributed by atoms with E-state index in [0.717, 1.165) is 18.2 Å². The Balaban J connectivity index is 2.07. The van der Waals surface area contributed by atoms with Crippen LogP contribution in [0.25, 0.3) is 11.1 Å². The van der Waals surface area contributed by atoms with Gasteiger partial charge in [0.25, 0.3) is 0 Å². The largest absolute Gasteiger partial charge is 0.508 e. The van der Waals surface area contributed by atoms with E-state index < -0.39 is 51.7 Å². The van der Waals surface area contributed by atoms with Gasteiger partial charge in [0.1, 0.15) is 34.5 Å². The first-order valence-corrected chi connectivity index (χ1v) is 10.8. The molecule has 4 N–H and O–H groups in total. The van der Waals surface area contributed by atoms with E-state index in [9.17, 15) is 46.8 Å². The van der Waals surface area contributed by atoms with Gasteiger partial charge in [-0.3, -0.25) is 0 Å². The van der Waals surface area contributed by atoms with Gasteiger partial charge in [0, 0.05) is 5.56 Å². The van der Waals surface area contributed by atoms with Gasteiger partial charge in [0.2, 0.25) is 5.41 Å². The van der Waals surface area contributed by atoms with Crippen LogP contribution >= 0.6 is 0 Å². The van der Waals surface area contributed by atoms with Crippen LogP contribution in [0.4, 0.5) is 26.3 Å². The van der Waals surface area contributed by atoms with Gasteiger partial charge in [-0.2, -0.15) is 26.3 Å². The summed E-state index contributed by atoms with van der Waals surface area (Å²) in [5, 5.41) is 39.3. The smallest absolute Gasteiger partial charge is 0.411 e.